The Kier molecular flexibility index (Phi) is 6.32. The lowest BCUT2D eigenvalue weighted by molar-refractivity contribution is -0.125. The molecule has 0 radical (unpaired) electrons. The minimum atomic E-state index is -0.175. The molecule has 2 N–H and O–H groups in total. The van der Waals surface area contributed by atoms with E-state index < -0.39 is 0 Å². The number of rotatable bonds is 7. The van der Waals surface area contributed by atoms with Crippen LogP contribution in [0.4, 0.5) is 0 Å². The van der Waals surface area contributed by atoms with E-state index in [4.69, 9.17) is 9.84 Å². The maximum atomic E-state index is 11.8. The topological polar surface area (TPSA) is 61.8 Å². The van der Waals surface area contributed by atoms with Crippen molar-refractivity contribution in [3.63, 3.8) is 0 Å². The van der Waals surface area contributed by atoms with E-state index in [1.807, 2.05) is 50.2 Å². The minimum Gasteiger partial charge on any atom is -0.491 e. The molecule has 0 heterocycles. The summed E-state index contributed by atoms with van der Waals surface area (Å²) < 4.78 is 5.41. The number of hydrogen-bond acceptors (Lipinski definition) is 4. The molecule has 0 aromatic heterocycles. The first-order valence-electron chi connectivity index (χ1n) is 6.32. The van der Waals surface area contributed by atoms with Gasteiger partial charge in [-0.2, -0.15) is 0 Å². The number of carbonyl (C=O) groups is 1. The molecule has 0 aliphatic rings. The van der Waals surface area contributed by atoms with E-state index in [9.17, 15) is 4.79 Å². The second kappa shape index (κ2) is 7.76. The number of benzene rings is 1. The molecule has 0 fully saturated rings. The SMILES string of the molecule is C[C@@H](C(=O)NCc1ccccc1OCCO)N(C)C. The number of nitrogens with one attached hydrogen (secondary N) is 1. The standard InChI is InChI=1S/C14H22N2O3/c1-11(16(2)3)14(18)15-10-12-6-4-5-7-13(12)19-9-8-17/h4-7,11,17H,8-10H2,1-3H3,(H,15,18)/t11-/m0/s1. The van der Waals surface area contributed by atoms with Crippen molar-refractivity contribution in [1.82, 2.24) is 10.2 Å². The van der Waals surface area contributed by atoms with Crippen LogP contribution in [0.5, 0.6) is 5.75 Å². The molecule has 1 aromatic rings. The predicted octanol–water partition coefficient (Wildman–Crippen LogP) is 0.624. The van der Waals surface area contributed by atoms with E-state index in [0.717, 1.165) is 5.56 Å². The molecule has 0 saturated carbocycles. The van der Waals surface area contributed by atoms with Crippen LogP contribution in [-0.2, 0) is 11.3 Å². The van der Waals surface area contributed by atoms with Crippen LogP contribution < -0.4 is 10.1 Å². The summed E-state index contributed by atoms with van der Waals surface area (Å²) >= 11 is 0. The molecule has 1 amide bonds. The summed E-state index contributed by atoms with van der Waals surface area (Å²) in [6.45, 7) is 2.49. The molecule has 0 unspecified atom stereocenters. The lowest BCUT2D eigenvalue weighted by Crippen LogP contribution is -2.41. The molecule has 106 valence electrons. The second-order valence-electron chi connectivity index (χ2n) is 4.54. The van der Waals surface area contributed by atoms with Gasteiger partial charge in [0, 0.05) is 12.1 Å². The number of aliphatic hydroxyl groups excluding tert-OH is 1. The second-order valence-corrected chi connectivity index (χ2v) is 4.54. The number of likely N-dealkylation sites (N-methyl/N-ethyl adjacent to an activating group) is 1. The predicted molar refractivity (Wildman–Crippen MR) is 74.0 cm³/mol. The van der Waals surface area contributed by atoms with Gasteiger partial charge in [-0.25, -0.2) is 0 Å². The first kappa shape index (κ1) is 15.5. The summed E-state index contributed by atoms with van der Waals surface area (Å²) in [6.07, 6.45) is 0. The van der Waals surface area contributed by atoms with Gasteiger partial charge in [0.15, 0.2) is 0 Å². The Morgan fingerprint density at radius 2 is 2.11 bits per heavy atom. The van der Waals surface area contributed by atoms with Gasteiger partial charge in [0.05, 0.1) is 12.6 Å². The van der Waals surface area contributed by atoms with Crippen LogP contribution in [0.3, 0.4) is 0 Å². The lowest BCUT2D eigenvalue weighted by atomic mass is 10.2. The van der Waals surface area contributed by atoms with E-state index in [0.29, 0.717) is 12.3 Å². The molecular weight excluding hydrogens is 244 g/mol. The Hall–Kier alpha value is -1.59. The average molecular weight is 266 g/mol. The molecule has 1 rings (SSSR count). The molecule has 0 aliphatic carbocycles. The number of amides is 1. The summed E-state index contributed by atoms with van der Waals surface area (Å²) in [4.78, 5) is 13.7. The lowest BCUT2D eigenvalue weighted by Gasteiger charge is -2.19. The van der Waals surface area contributed by atoms with E-state index in [-0.39, 0.29) is 25.2 Å². The maximum Gasteiger partial charge on any atom is 0.237 e. The summed E-state index contributed by atoms with van der Waals surface area (Å²) in [7, 11) is 3.73. The third-order valence-electron chi connectivity index (χ3n) is 2.93. The van der Waals surface area contributed by atoms with Crippen molar-refractivity contribution in [1.29, 1.82) is 0 Å². The van der Waals surface area contributed by atoms with Gasteiger partial charge in [-0.05, 0) is 27.1 Å². The van der Waals surface area contributed by atoms with E-state index in [1.165, 1.54) is 0 Å². The molecule has 1 aromatic carbocycles. The number of carbonyl (C=O) groups excluding carboxylic acids is 1. The Bertz CT molecular complexity index is 407. The molecule has 5 nitrogen and oxygen atoms in total. The van der Waals surface area contributed by atoms with Crippen molar-refractivity contribution < 1.29 is 14.6 Å². The summed E-state index contributed by atoms with van der Waals surface area (Å²) in [5, 5.41) is 11.6. The molecule has 1 atom stereocenters. The first-order chi connectivity index (χ1) is 9.06. The number of para-hydroxylation sites is 1. The van der Waals surface area contributed by atoms with Gasteiger partial charge in [-0.3, -0.25) is 9.69 Å². The Balaban J connectivity index is 2.59. The third-order valence-corrected chi connectivity index (χ3v) is 2.93. The highest BCUT2D eigenvalue weighted by molar-refractivity contribution is 5.81. The normalized spacial score (nSPS) is 12.3. The Labute approximate surface area is 114 Å². The highest BCUT2D eigenvalue weighted by Crippen LogP contribution is 2.17. The summed E-state index contributed by atoms with van der Waals surface area (Å²) in [6, 6.07) is 7.30. The first-order valence-corrected chi connectivity index (χ1v) is 6.32. The number of aliphatic hydroxyl groups is 1. The van der Waals surface area contributed by atoms with Gasteiger partial charge in [0.2, 0.25) is 5.91 Å². The highest BCUT2D eigenvalue weighted by Gasteiger charge is 2.14. The zero-order chi connectivity index (χ0) is 14.3. The van der Waals surface area contributed by atoms with E-state index >= 15 is 0 Å². The molecule has 5 heteroatoms. The largest absolute Gasteiger partial charge is 0.491 e. The zero-order valence-electron chi connectivity index (χ0n) is 11.7. The fraction of sp³-hybridized carbons (Fsp3) is 0.500. The minimum absolute atomic E-state index is 0.0260. The van der Waals surface area contributed by atoms with Crippen molar-refractivity contribution in [2.75, 3.05) is 27.3 Å². The van der Waals surface area contributed by atoms with Crippen molar-refractivity contribution in [2.24, 2.45) is 0 Å². The number of ether oxygens (including phenoxy) is 1. The van der Waals surface area contributed by atoms with Gasteiger partial charge >= 0.3 is 0 Å². The molecule has 19 heavy (non-hydrogen) atoms. The van der Waals surface area contributed by atoms with Crippen LogP contribution >= 0.6 is 0 Å². The van der Waals surface area contributed by atoms with Crippen LogP contribution in [0, 0.1) is 0 Å². The van der Waals surface area contributed by atoms with Crippen LogP contribution in [0.1, 0.15) is 12.5 Å². The highest BCUT2D eigenvalue weighted by atomic mass is 16.5. The summed E-state index contributed by atoms with van der Waals surface area (Å²) in [5.74, 6) is 0.663. The molecule has 0 spiro atoms. The average Bonchev–Trinajstić information content (AvgIpc) is 2.42. The van der Waals surface area contributed by atoms with Crippen LogP contribution in [0.2, 0.25) is 0 Å². The zero-order valence-corrected chi connectivity index (χ0v) is 11.7. The Morgan fingerprint density at radius 1 is 1.42 bits per heavy atom. The van der Waals surface area contributed by atoms with Gasteiger partial charge in [-0.15, -0.1) is 0 Å². The van der Waals surface area contributed by atoms with Crippen molar-refractivity contribution in [3.8, 4) is 5.75 Å². The molecule has 0 saturated heterocycles. The molecule has 0 aliphatic heterocycles. The number of hydrogen-bond donors (Lipinski definition) is 2. The Morgan fingerprint density at radius 3 is 2.74 bits per heavy atom. The van der Waals surface area contributed by atoms with Gasteiger partial charge in [0.1, 0.15) is 12.4 Å². The van der Waals surface area contributed by atoms with Crippen LogP contribution in [0.15, 0.2) is 24.3 Å². The number of nitrogens with zero attached hydrogens (tertiary/aromatic N) is 1. The van der Waals surface area contributed by atoms with Gasteiger partial charge < -0.3 is 15.2 Å². The fourth-order valence-electron chi connectivity index (χ4n) is 1.51. The smallest absolute Gasteiger partial charge is 0.237 e. The van der Waals surface area contributed by atoms with E-state index in [2.05, 4.69) is 5.32 Å². The molecule has 0 bridgehead atoms. The van der Waals surface area contributed by atoms with Crippen LogP contribution in [-0.4, -0.2) is 49.3 Å². The van der Waals surface area contributed by atoms with Gasteiger partial charge in [0.25, 0.3) is 0 Å². The third kappa shape index (κ3) is 4.89. The van der Waals surface area contributed by atoms with Crippen molar-refractivity contribution >= 4 is 5.91 Å². The van der Waals surface area contributed by atoms with Crippen molar-refractivity contribution in [2.45, 2.75) is 19.5 Å². The van der Waals surface area contributed by atoms with Crippen molar-refractivity contribution in [3.05, 3.63) is 29.8 Å². The maximum absolute atomic E-state index is 11.8. The van der Waals surface area contributed by atoms with Crippen LogP contribution in [0.25, 0.3) is 0 Å². The monoisotopic (exact) mass is 266 g/mol. The summed E-state index contributed by atoms with van der Waals surface area (Å²) in [5.41, 5.74) is 0.898. The fourth-order valence-corrected chi connectivity index (χ4v) is 1.51. The quantitative estimate of drug-likeness (QED) is 0.759. The van der Waals surface area contributed by atoms with Gasteiger partial charge in [-0.1, -0.05) is 18.2 Å². The molecular formula is C14H22N2O3. The van der Waals surface area contributed by atoms with E-state index in [1.54, 1.807) is 0 Å².